The summed E-state index contributed by atoms with van der Waals surface area (Å²) in [5, 5.41) is 8.77. The number of aryl methyl sites for hydroxylation is 2. The third-order valence-electron chi connectivity index (χ3n) is 4.82. The number of nitrogens with zero attached hydrogens (tertiary/aromatic N) is 5. The number of hydrogen-bond acceptors (Lipinski definition) is 5. The van der Waals surface area contributed by atoms with Crippen molar-refractivity contribution in [1.29, 1.82) is 0 Å². The molecule has 3 aromatic rings. The van der Waals surface area contributed by atoms with E-state index in [9.17, 15) is 0 Å². The van der Waals surface area contributed by atoms with Gasteiger partial charge in [0.15, 0.2) is 5.82 Å². The maximum absolute atomic E-state index is 5.43. The Hall–Kier alpha value is -2.47. The van der Waals surface area contributed by atoms with Crippen LogP contribution in [-0.2, 0) is 13.1 Å². The monoisotopic (exact) mass is 337 g/mol. The molecule has 130 valence electrons. The van der Waals surface area contributed by atoms with Crippen LogP contribution < -0.4 is 0 Å². The largest absolute Gasteiger partial charge is 0.334 e. The molecule has 1 aliphatic rings. The average molecular weight is 337 g/mol. The fraction of sp³-hybridized carbons (Fsp3) is 0.421. The van der Waals surface area contributed by atoms with E-state index in [-0.39, 0.29) is 0 Å². The molecule has 1 aromatic carbocycles. The van der Waals surface area contributed by atoms with Crippen molar-refractivity contribution in [2.45, 2.75) is 45.8 Å². The van der Waals surface area contributed by atoms with Gasteiger partial charge in [-0.25, -0.2) is 0 Å². The molecule has 0 unspecified atom stereocenters. The first-order valence-electron chi connectivity index (χ1n) is 8.82. The van der Waals surface area contributed by atoms with Crippen LogP contribution in [0, 0.1) is 13.8 Å². The summed E-state index contributed by atoms with van der Waals surface area (Å²) < 4.78 is 7.55. The van der Waals surface area contributed by atoms with Gasteiger partial charge in [0.05, 0.1) is 18.8 Å². The summed E-state index contributed by atoms with van der Waals surface area (Å²) in [6, 6.07) is 12.5. The lowest BCUT2D eigenvalue weighted by Crippen LogP contribution is -2.33. The molecule has 0 bridgehead atoms. The molecular formula is C19H23N5O. The summed E-state index contributed by atoms with van der Waals surface area (Å²) in [5.41, 5.74) is 3.25. The van der Waals surface area contributed by atoms with Gasteiger partial charge in [-0.15, -0.1) is 0 Å². The van der Waals surface area contributed by atoms with Crippen LogP contribution in [0.1, 0.15) is 30.1 Å². The van der Waals surface area contributed by atoms with Crippen LogP contribution in [0.2, 0.25) is 0 Å². The first-order valence-corrected chi connectivity index (χ1v) is 8.82. The van der Waals surface area contributed by atoms with E-state index in [1.54, 1.807) is 0 Å². The fourth-order valence-corrected chi connectivity index (χ4v) is 3.57. The second kappa shape index (κ2) is 6.80. The third kappa shape index (κ3) is 3.49. The Morgan fingerprint density at radius 2 is 2.04 bits per heavy atom. The van der Waals surface area contributed by atoms with Gasteiger partial charge in [0.1, 0.15) is 0 Å². The van der Waals surface area contributed by atoms with Crippen LogP contribution in [0.25, 0.3) is 11.5 Å². The lowest BCUT2D eigenvalue weighted by Gasteiger charge is -2.23. The number of hydrogen-bond donors (Lipinski definition) is 0. The maximum Gasteiger partial charge on any atom is 0.257 e. The van der Waals surface area contributed by atoms with Crippen molar-refractivity contribution in [1.82, 2.24) is 24.8 Å². The van der Waals surface area contributed by atoms with Crippen LogP contribution in [0.4, 0.5) is 0 Å². The van der Waals surface area contributed by atoms with Crippen molar-refractivity contribution >= 4 is 0 Å². The number of aromatic nitrogens is 4. The van der Waals surface area contributed by atoms with Crippen LogP contribution in [0.5, 0.6) is 0 Å². The van der Waals surface area contributed by atoms with Gasteiger partial charge in [-0.1, -0.05) is 23.4 Å². The molecule has 1 aliphatic heterocycles. The second-order valence-corrected chi connectivity index (χ2v) is 6.76. The van der Waals surface area contributed by atoms with Crippen LogP contribution >= 0.6 is 0 Å². The van der Waals surface area contributed by atoms with Gasteiger partial charge in [-0.2, -0.15) is 10.1 Å². The Bertz CT molecular complexity index is 839. The number of rotatable bonds is 5. The van der Waals surface area contributed by atoms with E-state index in [2.05, 4.69) is 37.8 Å². The normalized spacial score (nSPS) is 18.1. The Morgan fingerprint density at radius 1 is 1.20 bits per heavy atom. The van der Waals surface area contributed by atoms with Gasteiger partial charge in [0.2, 0.25) is 0 Å². The molecule has 1 saturated heterocycles. The molecule has 3 heterocycles. The fourth-order valence-electron chi connectivity index (χ4n) is 3.57. The van der Waals surface area contributed by atoms with Crippen LogP contribution in [-0.4, -0.2) is 37.4 Å². The Kier molecular flexibility index (Phi) is 4.36. The number of benzene rings is 1. The summed E-state index contributed by atoms with van der Waals surface area (Å²) in [7, 11) is 0. The van der Waals surface area contributed by atoms with Crippen molar-refractivity contribution in [2.24, 2.45) is 0 Å². The highest BCUT2D eigenvalue weighted by Gasteiger charge is 2.27. The second-order valence-electron chi connectivity index (χ2n) is 6.76. The highest BCUT2D eigenvalue weighted by atomic mass is 16.5. The smallest absolute Gasteiger partial charge is 0.257 e. The predicted octanol–water partition coefficient (Wildman–Crippen LogP) is 3.21. The van der Waals surface area contributed by atoms with E-state index >= 15 is 0 Å². The molecule has 0 aliphatic carbocycles. The molecule has 6 nitrogen and oxygen atoms in total. The molecule has 4 rings (SSSR count). The highest BCUT2D eigenvalue weighted by Crippen LogP contribution is 2.23. The molecule has 25 heavy (non-hydrogen) atoms. The number of likely N-dealkylation sites (tertiary alicyclic amines) is 1. The van der Waals surface area contributed by atoms with E-state index in [0.29, 0.717) is 11.9 Å². The van der Waals surface area contributed by atoms with Gasteiger partial charge in [0, 0.05) is 17.3 Å². The van der Waals surface area contributed by atoms with Crippen molar-refractivity contribution < 1.29 is 4.52 Å². The summed E-state index contributed by atoms with van der Waals surface area (Å²) in [4.78, 5) is 7.01. The first-order chi connectivity index (χ1) is 12.2. The molecule has 2 aromatic heterocycles. The molecule has 1 fully saturated rings. The van der Waals surface area contributed by atoms with Gasteiger partial charge < -0.3 is 4.52 Å². The molecule has 0 radical (unpaired) electrons. The lowest BCUT2D eigenvalue weighted by molar-refractivity contribution is 0.210. The third-order valence-corrected chi connectivity index (χ3v) is 4.82. The quantitative estimate of drug-likeness (QED) is 0.715. The minimum Gasteiger partial charge on any atom is -0.334 e. The molecule has 0 saturated carbocycles. The molecule has 6 heteroatoms. The van der Waals surface area contributed by atoms with Gasteiger partial charge >= 0.3 is 0 Å². The highest BCUT2D eigenvalue weighted by molar-refractivity contribution is 5.51. The van der Waals surface area contributed by atoms with Gasteiger partial charge in [-0.3, -0.25) is 9.58 Å². The SMILES string of the molecule is Cc1cc(C)n(C[C@@H]2CCCN2Cc2noc(-c3ccccc3)n2)n1. The van der Waals surface area contributed by atoms with Crippen molar-refractivity contribution in [3.05, 3.63) is 53.6 Å². The standard InChI is InChI=1S/C19H23N5O/c1-14-11-15(2)24(21-14)12-17-9-6-10-23(17)13-18-20-19(25-22-18)16-7-4-3-5-8-16/h3-5,7-8,11,17H,6,9-10,12-13H2,1-2H3/t17-/m0/s1. The molecule has 1 atom stereocenters. The minimum absolute atomic E-state index is 0.469. The Morgan fingerprint density at radius 3 is 2.80 bits per heavy atom. The summed E-state index contributed by atoms with van der Waals surface area (Å²) >= 11 is 0. The maximum atomic E-state index is 5.43. The van der Waals surface area contributed by atoms with Crippen LogP contribution in [0.15, 0.2) is 40.9 Å². The van der Waals surface area contributed by atoms with Gasteiger partial charge in [-0.05, 0) is 51.4 Å². The van der Waals surface area contributed by atoms with Crippen molar-refractivity contribution in [3.8, 4) is 11.5 Å². The molecule has 0 amide bonds. The molecular weight excluding hydrogens is 314 g/mol. The van der Waals surface area contributed by atoms with E-state index in [1.807, 2.05) is 37.3 Å². The first kappa shape index (κ1) is 16.0. The van der Waals surface area contributed by atoms with E-state index in [4.69, 9.17) is 4.52 Å². The van der Waals surface area contributed by atoms with Gasteiger partial charge in [0.25, 0.3) is 5.89 Å². The van der Waals surface area contributed by atoms with E-state index < -0.39 is 0 Å². The summed E-state index contributed by atoms with van der Waals surface area (Å²) in [5.74, 6) is 1.34. The topological polar surface area (TPSA) is 60.0 Å². The van der Waals surface area contributed by atoms with Crippen molar-refractivity contribution in [2.75, 3.05) is 6.54 Å². The minimum atomic E-state index is 0.469. The van der Waals surface area contributed by atoms with E-state index in [0.717, 1.165) is 36.7 Å². The Balaban J connectivity index is 1.45. The van der Waals surface area contributed by atoms with E-state index in [1.165, 1.54) is 18.5 Å². The summed E-state index contributed by atoms with van der Waals surface area (Å²) in [6.07, 6.45) is 2.38. The molecule has 0 N–H and O–H groups in total. The summed E-state index contributed by atoms with van der Waals surface area (Å²) in [6.45, 7) is 6.87. The van der Waals surface area contributed by atoms with Crippen LogP contribution in [0.3, 0.4) is 0 Å². The molecule has 0 spiro atoms. The zero-order valence-corrected chi connectivity index (χ0v) is 14.7. The van der Waals surface area contributed by atoms with Crippen molar-refractivity contribution in [3.63, 3.8) is 0 Å². The predicted molar refractivity (Wildman–Crippen MR) is 94.9 cm³/mol. The average Bonchev–Trinajstić information content (AvgIpc) is 3.32. The lowest BCUT2D eigenvalue weighted by atomic mass is 10.2. The zero-order valence-electron chi connectivity index (χ0n) is 14.7. The zero-order chi connectivity index (χ0) is 17.2. The Labute approximate surface area is 147 Å².